The van der Waals surface area contributed by atoms with E-state index < -0.39 is 0 Å². The molecule has 0 fully saturated rings. The Kier molecular flexibility index (Phi) is 6.44. The van der Waals surface area contributed by atoms with E-state index in [1.54, 1.807) is 25.1 Å². The summed E-state index contributed by atoms with van der Waals surface area (Å²) in [7, 11) is 1.63. The molecule has 1 aromatic carbocycles. The van der Waals surface area contributed by atoms with Crippen LogP contribution in [0.2, 0.25) is 0 Å². The lowest BCUT2D eigenvalue weighted by molar-refractivity contribution is -0.130. The van der Waals surface area contributed by atoms with E-state index in [1.165, 1.54) is 16.8 Å². The summed E-state index contributed by atoms with van der Waals surface area (Å²) in [6, 6.07) is 11.0. The van der Waals surface area contributed by atoms with Gasteiger partial charge < -0.3 is 13.6 Å². The molecule has 3 aromatic rings. The fraction of sp³-hybridized carbons (Fsp3) is 0.300. The van der Waals surface area contributed by atoms with Gasteiger partial charge in [-0.1, -0.05) is 11.8 Å². The molecular weight excluding hydrogens is 424 g/mol. The van der Waals surface area contributed by atoms with Gasteiger partial charge >= 0.3 is 0 Å². The minimum Gasteiger partial charge on any atom is -0.497 e. The Morgan fingerprint density at radius 2 is 2.10 bits per heavy atom. The minimum absolute atomic E-state index is 0.136. The van der Waals surface area contributed by atoms with Crippen molar-refractivity contribution in [1.82, 2.24) is 15.2 Å². The molecule has 10 heteroatoms. The Hall–Kier alpha value is -2.72. The third-order valence-electron chi connectivity index (χ3n) is 4.50. The van der Waals surface area contributed by atoms with Gasteiger partial charge in [0.05, 0.1) is 30.6 Å². The second-order valence-electron chi connectivity index (χ2n) is 6.43. The molecule has 0 radical (unpaired) electrons. The SMILES string of the molecule is COc1ccc(C2=NN(C(=O)CSc3nnc(CSC)o3)C(c3ccco3)C2)cc1. The number of amides is 1. The number of aromatic nitrogens is 2. The van der Waals surface area contributed by atoms with E-state index in [0.29, 0.717) is 29.0 Å². The van der Waals surface area contributed by atoms with Crippen molar-refractivity contribution in [2.75, 3.05) is 19.1 Å². The summed E-state index contributed by atoms with van der Waals surface area (Å²) in [4.78, 5) is 13.0. The zero-order valence-corrected chi connectivity index (χ0v) is 18.1. The summed E-state index contributed by atoms with van der Waals surface area (Å²) < 4.78 is 16.3. The molecule has 1 atom stereocenters. The Labute approximate surface area is 182 Å². The molecule has 0 saturated carbocycles. The van der Waals surface area contributed by atoms with Crippen LogP contribution < -0.4 is 4.74 Å². The maximum atomic E-state index is 13.0. The molecule has 30 heavy (non-hydrogen) atoms. The van der Waals surface area contributed by atoms with Gasteiger partial charge in [-0.2, -0.15) is 16.9 Å². The number of hydrazone groups is 1. The largest absolute Gasteiger partial charge is 0.497 e. The molecule has 0 spiro atoms. The number of ether oxygens (including phenoxy) is 1. The molecule has 8 nitrogen and oxygen atoms in total. The van der Waals surface area contributed by atoms with Crippen molar-refractivity contribution in [3.63, 3.8) is 0 Å². The van der Waals surface area contributed by atoms with Gasteiger partial charge in [0, 0.05) is 6.42 Å². The van der Waals surface area contributed by atoms with Crippen LogP contribution in [-0.2, 0) is 10.5 Å². The van der Waals surface area contributed by atoms with Crippen molar-refractivity contribution in [3.8, 4) is 5.75 Å². The molecule has 1 amide bonds. The fourth-order valence-corrected chi connectivity index (χ4v) is 4.07. The van der Waals surface area contributed by atoms with Crippen LogP contribution >= 0.6 is 23.5 Å². The van der Waals surface area contributed by atoms with Crippen LogP contribution in [-0.4, -0.2) is 45.9 Å². The zero-order chi connectivity index (χ0) is 20.9. The van der Waals surface area contributed by atoms with Gasteiger partial charge in [-0.15, -0.1) is 10.2 Å². The number of methoxy groups -OCH3 is 1. The van der Waals surface area contributed by atoms with E-state index in [4.69, 9.17) is 13.6 Å². The molecule has 3 heterocycles. The standard InChI is InChI=1S/C20H20N4O4S2/c1-26-14-7-5-13(6-8-14)15-10-16(17-4-3-9-27-17)24(23-15)19(25)12-30-20-22-21-18(28-20)11-29-2/h3-9,16H,10-12H2,1-2H3. The maximum absolute atomic E-state index is 13.0. The number of nitrogens with zero attached hydrogens (tertiary/aromatic N) is 4. The topological polar surface area (TPSA) is 94.0 Å². The number of carbonyl (C=O) groups is 1. The molecular formula is C20H20N4O4S2. The molecule has 1 aliphatic rings. The monoisotopic (exact) mass is 444 g/mol. The zero-order valence-electron chi connectivity index (χ0n) is 16.5. The number of hydrogen-bond acceptors (Lipinski definition) is 9. The molecule has 156 valence electrons. The summed E-state index contributed by atoms with van der Waals surface area (Å²) >= 11 is 2.80. The van der Waals surface area contributed by atoms with E-state index in [-0.39, 0.29) is 17.7 Å². The molecule has 4 rings (SSSR count). The maximum Gasteiger partial charge on any atom is 0.277 e. The molecule has 1 aliphatic heterocycles. The first-order valence-corrected chi connectivity index (χ1v) is 11.6. The summed E-state index contributed by atoms with van der Waals surface area (Å²) in [5.74, 6) is 2.63. The smallest absolute Gasteiger partial charge is 0.277 e. The van der Waals surface area contributed by atoms with Crippen LogP contribution in [0.25, 0.3) is 0 Å². The van der Waals surface area contributed by atoms with Gasteiger partial charge in [0.25, 0.3) is 11.1 Å². The van der Waals surface area contributed by atoms with Crippen molar-refractivity contribution < 1.29 is 18.4 Å². The minimum atomic E-state index is -0.292. The van der Waals surface area contributed by atoms with Gasteiger partial charge in [-0.3, -0.25) is 4.79 Å². The van der Waals surface area contributed by atoms with E-state index in [0.717, 1.165) is 17.0 Å². The number of carbonyl (C=O) groups excluding carboxylic acids is 1. The first kappa shape index (κ1) is 20.5. The van der Waals surface area contributed by atoms with Crippen LogP contribution in [0.4, 0.5) is 0 Å². The summed E-state index contributed by atoms with van der Waals surface area (Å²) in [6.07, 6.45) is 4.12. The third kappa shape index (κ3) is 4.54. The average Bonchev–Trinajstić information content (AvgIpc) is 3.52. The highest BCUT2D eigenvalue weighted by atomic mass is 32.2. The van der Waals surface area contributed by atoms with Crippen molar-refractivity contribution in [2.45, 2.75) is 23.4 Å². The van der Waals surface area contributed by atoms with E-state index >= 15 is 0 Å². The number of furan rings is 1. The lowest BCUT2D eigenvalue weighted by Gasteiger charge is -2.19. The Morgan fingerprint density at radius 3 is 2.80 bits per heavy atom. The Morgan fingerprint density at radius 1 is 1.27 bits per heavy atom. The van der Waals surface area contributed by atoms with Gasteiger partial charge in [-0.05, 0) is 48.2 Å². The van der Waals surface area contributed by atoms with Gasteiger partial charge in [-0.25, -0.2) is 5.01 Å². The lowest BCUT2D eigenvalue weighted by Crippen LogP contribution is -2.28. The Balaban J connectivity index is 1.50. The van der Waals surface area contributed by atoms with Crippen LogP contribution in [0.5, 0.6) is 5.75 Å². The van der Waals surface area contributed by atoms with Gasteiger partial charge in [0.15, 0.2) is 0 Å². The summed E-state index contributed by atoms with van der Waals surface area (Å²) in [5.41, 5.74) is 1.76. The summed E-state index contributed by atoms with van der Waals surface area (Å²) in [5, 5.41) is 14.4. The molecule has 0 saturated heterocycles. The second kappa shape index (κ2) is 9.40. The van der Waals surface area contributed by atoms with Gasteiger partial charge in [0.1, 0.15) is 17.6 Å². The average molecular weight is 445 g/mol. The number of thioether (sulfide) groups is 2. The van der Waals surface area contributed by atoms with Crippen LogP contribution in [0.3, 0.4) is 0 Å². The molecule has 2 aromatic heterocycles. The van der Waals surface area contributed by atoms with Crippen molar-refractivity contribution >= 4 is 35.1 Å². The van der Waals surface area contributed by atoms with Crippen LogP contribution in [0.1, 0.15) is 29.7 Å². The van der Waals surface area contributed by atoms with Gasteiger partial charge in [0.2, 0.25) is 5.89 Å². The predicted octanol–water partition coefficient (Wildman–Crippen LogP) is 4.00. The first-order chi connectivity index (χ1) is 14.7. The third-order valence-corrected chi connectivity index (χ3v) is 5.83. The first-order valence-electron chi connectivity index (χ1n) is 9.19. The quantitative estimate of drug-likeness (QED) is 0.481. The van der Waals surface area contributed by atoms with E-state index in [2.05, 4.69) is 15.3 Å². The number of benzene rings is 1. The van der Waals surface area contributed by atoms with Crippen molar-refractivity contribution in [1.29, 1.82) is 0 Å². The molecule has 0 N–H and O–H groups in total. The lowest BCUT2D eigenvalue weighted by atomic mass is 10.0. The van der Waals surface area contributed by atoms with E-state index in [1.807, 2.05) is 42.7 Å². The summed E-state index contributed by atoms with van der Waals surface area (Å²) in [6.45, 7) is 0. The van der Waals surface area contributed by atoms with Crippen molar-refractivity contribution in [2.24, 2.45) is 5.10 Å². The number of hydrogen-bond donors (Lipinski definition) is 0. The Bertz CT molecular complexity index is 1020. The molecule has 0 bridgehead atoms. The highest BCUT2D eigenvalue weighted by Crippen LogP contribution is 2.34. The number of rotatable bonds is 8. The van der Waals surface area contributed by atoms with E-state index in [9.17, 15) is 4.79 Å². The van der Waals surface area contributed by atoms with Crippen LogP contribution in [0.15, 0.2) is 61.8 Å². The predicted molar refractivity (Wildman–Crippen MR) is 115 cm³/mol. The highest BCUT2D eigenvalue weighted by Gasteiger charge is 2.35. The molecule has 0 aliphatic carbocycles. The molecule has 1 unspecified atom stereocenters. The highest BCUT2D eigenvalue weighted by molar-refractivity contribution is 7.99. The van der Waals surface area contributed by atoms with Crippen LogP contribution in [0, 0.1) is 0 Å². The van der Waals surface area contributed by atoms with Crippen molar-refractivity contribution in [3.05, 3.63) is 59.9 Å². The fourth-order valence-electron chi connectivity index (χ4n) is 3.07. The second-order valence-corrected chi connectivity index (χ2v) is 8.22. The normalized spacial score (nSPS) is 16.0.